The molecule has 26 heavy (non-hydrogen) atoms. The minimum Gasteiger partial charge on any atom is -0.368 e. The van der Waals surface area contributed by atoms with Gasteiger partial charge in [-0.05, 0) is 31.2 Å². The summed E-state index contributed by atoms with van der Waals surface area (Å²) in [4.78, 5) is 28.4. The number of hydrogen-bond acceptors (Lipinski definition) is 4. The van der Waals surface area contributed by atoms with E-state index in [9.17, 15) is 9.59 Å². The van der Waals surface area contributed by atoms with Gasteiger partial charge in [0, 0.05) is 39.3 Å². The lowest BCUT2D eigenvalue weighted by Crippen LogP contribution is -2.53. The van der Waals surface area contributed by atoms with Crippen LogP contribution in [0.1, 0.15) is 24.8 Å². The molecule has 0 aliphatic carbocycles. The lowest BCUT2D eigenvalue weighted by Gasteiger charge is -2.35. The summed E-state index contributed by atoms with van der Waals surface area (Å²) in [7, 11) is 0. The number of piperazine rings is 1. The molecule has 3 rings (SSSR count). The summed E-state index contributed by atoms with van der Waals surface area (Å²) in [6, 6.07) is 10.3. The van der Waals surface area contributed by atoms with Crippen molar-refractivity contribution in [2.45, 2.75) is 31.8 Å². The molecule has 1 atom stereocenters. The molecule has 0 spiro atoms. The van der Waals surface area contributed by atoms with Crippen molar-refractivity contribution in [2.24, 2.45) is 0 Å². The smallest absolute Gasteiger partial charge is 0.251 e. The van der Waals surface area contributed by atoms with Gasteiger partial charge in [-0.15, -0.1) is 0 Å². The maximum Gasteiger partial charge on any atom is 0.251 e. The predicted molar refractivity (Wildman–Crippen MR) is 99.8 cm³/mol. The largest absolute Gasteiger partial charge is 0.368 e. The molecule has 2 aliphatic rings. The number of carbonyl (C=O) groups excluding carboxylic acids is 2. The number of hydrogen-bond donors (Lipinski definition) is 1. The molecular weight excluding hydrogens is 330 g/mol. The number of benzene rings is 1. The molecule has 142 valence electrons. The zero-order valence-corrected chi connectivity index (χ0v) is 15.4. The second-order valence-electron chi connectivity index (χ2n) is 7.04. The van der Waals surface area contributed by atoms with Gasteiger partial charge in [-0.1, -0.05) is 30.3 Å². The molecule has 0 bridgehead atoms. The highest BCUT2D eigenvalue weighted by atomic mass is 16.5. The molecule has 2 aliphatic heterocycles. The van der Waals surface area contributed by atoms with Crippen molar-refractivity contribution in [3.63, 3.8) is 0 Å². The van der Waals surface area contributed by atoms with Crippen molar-refractivity contribution in [1.29, 1.82) is 0 Å². The summed E-state index contributed by atoms with van der Waals surface area (Å²) in [5, 5.41) is 3.00. The SMILES string of the molecule is O=C(CN1CCN(C(=O)C2CCCO2)CC1)NCCCc1ccccc1. The molecule has 1 aromatic rings. The average Bonchev–Trinajstić information content (AvgIpc) is 3.21. The first-order chi connectivity index (χ1) is 12.7. The van der Waals surface area contributed by atoms with Gasteiger partial charge in [0.15, 0.2) is 0 Å². The zero-order chi connectivity index (χ0) is 18.2. The minimum absolute atomic E-state index is 0.0666. The number of carbonyl (C=O) groups is 2. The summed E-state index contributed by atoms with van der Waals surface area (Å²) in [6.07, 6.45) is 3.49. The van der Waals surface area contributed by atoms with Gasteiger partial charge in [-0.3, -0.25) is 14.5 Å². The average molecular weight is 359 g/mol. The van der Waals surface area contributed by atoms with E-state index < -0.39 is 0 Å². The van der Waals surface area contributed by atoms with E-state index in [4.69, 9.17) is 4.74 Å². The Labute approximate surface area is 155 Å². The summed E-state index contributed by atoms with van der Waals surface area (Å²) in [6.45, 7) is 4.66. The summed E-state index contributed by atoms with van der Waals surface area (Å²) >= 11 is 0. The molecule has 0 aromatic heterocycles. The fourth-order valence-corrected chi connectivity index (χ4v) is 3.53. The highest BCUT2D eigenvalue weighted by Gasteiger charge is 2.30. The van der Waals surface area contributed by atoms with Crippen molar-refractivity contribution >= 4 is 11.8 Å². The Morgan fingerprint density at radius 1 is 1.12 bits per heavy atom. The van der Waals surface area contributed by atoms with Crippen molar-refractivity contribution in [2.75, 3.05) is 45.9 Å². The molecule has 0 saturated carbocycles. The molecule has 1 N–H and O–H groups in total. The predicted octanol–water partition coefficient (Wildman–Crippen LogP) is 1.06. The van der Waals surface area contributed by atoms with Gasteiger partial charge in [-0.2, -0.15) is 0 Å². The van der Waals surface area contributed by atoms with Gasteiger partial charge in [0.25, 0.3) is 5.91 Å². The highest BCUT2D eigenvalue weighted by molar-refractivity contribution is 5.81. The Bertz CT molecular complexity index is 579. The molecule has 6 heteroatoms. The third kappa shape index (κ3) is 5.54. The van der Waals surface area contributed by atoms with Gasteiger partial charge in [0.1, 0.15) is 6.10 Å². The van der Waals surface area contributed by atoms with E-state index in [1.165, 1.54) is 5.56 Å². The van der Waals surface area contributed by atoms with E-state index in [2.05, 4.69) is 22.3 Å². The topological polar surface area (TPSA) is 61.9 Å². The third-order valence-corrected chi connectivity index (χ3v) is 5.06. The first-order valence-corrected chi connectivity index (χ1v) is 9.66. The fourth-order valence-electron chi connectivity index (χ4n) is 3.53. The maximum atomic E-state index is 12.3. The molecule has 2 fully saturated rings. The molecular formula is C20H29N3O3. The fraction of sp³-hybridized carbons (Fsp3) is 0.600. The van der Waals surface area contributed by atoms with Crippen LogP contribution in [0.15, 0.2) is 30.3 Å². The zero-order valence-electron chi connectivity index (χ0n) is 15.4. The summed E-state index contributed by atoms with van der Waals surface area (Å²) in [5.74, 6) is 0.185. The number of aryl methyl sites for hydroxylation is 1. The number of amides is 2. The van der Waals surface area contributed by atoms with Gasteiger partial charge in [-0.25, -0.2) is 0 Å². The number of ether oxygens (including phenoxy) is 1. The van der Waals surface area contributed by atoms with Crippen molar-refractivity contribution < 1.29 is 14.3 Å². The summed E-state index contributed by atoms with van der Waals surface area (Å²) in [5.41, 5.74) is 1.30. The highest BCUT2D eigenvalue weighted by Crippen LogP contribution is 2.15. The molecule has 2 saturated heterocycles. The van der Waals surface area contributed by atoms with E-state index in [0.29, 0.717) is 32.8 Å². The van der Waals surface area contributed by atoms with Crippen LogP contribution in [0, 0.1) is 0 Å². The molecule has 1 unspecified atom stereocenters. The van der Waals surface area contributed by atoms with Crippen LogP contribution < -0.4 is 5.32 Å². The second-order valence-corrected chi connectivity index (χ2v) is 7.04. The summed E-state index contributed by atoms with van der Waals surface area (Å²) < 4.78 is 5.48. The number of rotatable bonds is 7. The van der Waals surface area contributed by atoms with Gasteiger partial charge in [0.2, 0.25) is 5.91 Å². The van der Waals surface area contributed by atoms with Crippen LogP contribution in [-0.4, -0.2) is 73.6 Å². The van der Waals surface area contributed by atoms with Crippen LogP contribution >= 0.6 is 0 Å². The number of nitrogens with one attached hydrogen (secondary N) is 1. The third-order valence-electron chi connectivity index (χ3n) is 5.06. The lowest BCUT2D eigenvalue weighted by atomic mass is 10.1. The number of nitrogens with zero attached hydrogens (tertiary/aromatic N) is 2. The maximum absolute atomic E-state index is 12.3. The van der Waals surface area contributed by atoms with E-state index in [1.807, 2.05) is 23.1 Å². The molecule has 1 aromatic carbocycles. The van der Waals surface area contributed by atoms with Crippen molar-refractivity contribution in [1.82, 2.24) is 15.1 Å². The Balaban J connectivity index is 1.29. The molecule has 2 amide bonds. The van der Waals surface area contributed by atoms with Gasteiger partial charge < -0.3 is 15.0 Å². The van der Waals surface area contributed by atoms with Crippen LogP contribution in [0.4, 0.5) is 0 Å². The second kappa shape index (κ2) is 9.69. The van der Waals surface area contributed by atoms with E-state index in [-0.39, 0.29) is 17.9 Å². The van der Waals surface area contributed by atoms with Crippen molar-refractivity contribution in [3.8, 4) is 0 Å². The van der Waals surface area contributed by atoms with E-state index in [1.54, 1.807) is 0 Å². The quantitative estimate of drug-likeness (QED) is 0.740. The first kappa shape index (κ1) is 18.9. The van der Waals surface area contributed by atoms with Crippen molar-refractivity contribution in [3.05, 3.63) is 35.9 Å². The van der Waals surface area contributed by atoms with Gasteiger partial charge >= 0.3 is 0 Å². The monoisotopic (exact) mass is 359 g/mol. The van der Waals surface area contributed by atoms with Crippen LogP contribution in [0.5, 0.6) is 0 Å². The standard InChI is InChI=1S/C20H29N3O3/c24-19(21-10-4-8-17-6-2-1-3-7-17)16-22-11-13-23(14-12-22)20(25)18-9-5-15-26-18/h1-3,6-7,18H,4-5,8-16H2,(H,21,24). The lowest BCUT2D eigenvalue weighted by molar-refractivity contribution is -0.142. The van der Waals surface area contributed by atoms with Crippen LogP contribution in [0.2, 0.25) is 0 Å². The Morgan fingerprint density at radius 3 is 2.58 bits per heavy atom. The Kier molecular flexibility index (Phi) is 7.03. The van der Waals surface area contributed by atoms with E-state index >= 15 is 0 Å². The molecule has 0 radical (unpaired) electrons. The minimum atomic E-state index is -0.241. The normalized spacial score (nSPS) is 20.9. The van der Waals surface area contributed by atoms with Crippen LogP contribution in [-0.2, 0) is 20.7 Å². The Morgan fingerprint density at radius 2 is 1.88 bits per heavy atom. The van der Waals surface area contributed by atoms with Crippen LogP contribution in [0.25, 0.3) is 0 Å². The van der Waals surface area contributed by atoms with Gasteiger partial charge in [0.05, 0.1) is 6.54 Å². The Hall–Kier alpha value is -1.92. The first-order valence-electron chi connectivity index (χ1n) is 9.66. The van der Waals surface area contributed by atoms with Crippen LogP contribution in [0.3, 0.4) is 0 Å². The molecule has 2 heterocycles. The molecule has 6 nitrogen and oxygen atoms in total. The van der Waals surface area contributed by atoms with E-state index in [0.717, 1.165) is 38.8 Å².